The van der Waals surface area contributed by atoms with Gasteiger partial charge in [-0.3, -0.25) is 24.4 Å². The van der Waals surface area contributed by atoms with Gasteiger partial charge in [0.2, 0.25) is 0 Å². The molecule has 156 valence electrons. The molecule has 1 N–H and O–H groups in total. The second-order valence-electron chi connectivity index (χ2n) is 5.80. The van der Waals surface area contributed by atoms with Gasteiger partial charge in [0.25, 0.3) is 5.91 Å². The van der Waals surface area contributed by atoms with Crippen molar-refractivity contribution in [3.63, 3.8) is 0 Å². The number of ether oxygens (including phenoxy) is 1. The van der Waals surface area contributed by atoms with E-state index in [1.54, 1.807) is 0 Å². The maximum absolute atomic E-state index is 13.0. The highest BCUT2D eigenvalue weighted by molar-refractivity contribution is 6.34. The number of carbonyl (C=O) groups is 2. The topological polar surface area (TPSA) is 116 Å². The van der Waals surface area contributed by atoms with Gasteiger partial charge >= 0.3 is 17.8 Å². The van der Waals surface area contributed by atoms with Gasteiger partial charge < -0.3 is 10.1 Å². The number of carbonyl (C=O) groups excluding carboxylic acids is 2. The number of halogens is 4. The van der Waals surface area contributed by atoms with Gasteiger partial charge in [-0.1, -0.05) is 17.7 Å². The Balaban J connectivity index is 2.02. The molecule has 1 heterocycles. The third-order valence-corrected chi connectivity index (χ3v) is 4.07. The fraction of sp³-hybridized carbons (Fsp3) is 0.312. The molecule has 0 atom stereocenters. The van der Waals surface area contributed by atoms with Crippen molar-refractivity contribution in [2.75, 3.05) is 11.9 Å². The summed E-state index contributed by atoms with van der Waals surface area (Å²) < 4.78 is 44.8. The van der Waals surface area contributed by atoms with Gasteiger partial charge in [-0.2, -0.15) is 18.3 Å². The Bertz CT molecular complexity index is 974. The molecule has 0 bridgehead atoms. The van der Waals surface area contributed by atoms with E-state index in [2.05, 4.69) is 5.10 Å². The number of nitro groups is 1. The van der Waals surface area contributed by atoms with E-state index in [-0.39, 0.29) is 22.1 Å². The van der Waals surface area contributed by atoms with Crippen LogP contribution in [-0.4, -0.2) is 33.2 Å². The lowest BCUT2D eigenvalue weighted by atomic mass is 10.1. The van der Waals surface area contributed by atoms with E-state index < -0.39 is 47.4 Å². The van der Waals surface area contributed by atoms with E-state index in [0.29, 0.717) is 0 Å². The first-order valence-corrected chi connectivity index (χ1v) is 8.29. The summed E-state index contributed by atoms with van der Waals surface area (Å²) in [6.45, 7) is 1.37. The van der Waals surface area contributed by atoms with Gasteiger partial charge in [-0.15, -0.1) is 0 Å². The predicted molar refractivity (Wildman–Crippen MR) is 94.4 cm³/mol. The number of alkyl halides is 3. The summed E-state index contributed by atoms with van der Waals surface area (Å²) in [6, 6.07) is 2.98. The fourth-order valence-corrected chi connectivity index (χ4v) is 2.70. The number of para-hydroxylation sites is 1. The largest absolute Gasteiger partial charge is 0.454 e. The minimum absolute atomic E-state index is 0.0939. The van der Waals surface area contributed by atoms with Crippen LogP contribution in [0.15, 0.2) is 18.2 Å². The molecule has 0 radical (unpaired) electrons. The van der Waals surface area contributed by atoms with Crippen LogP contribution in [0, 0.1) is 24.0 Å². The molecule has 0 fully saturated rings. The second kappa shape index (κ2) is 8.47. The molecule has 0 aliphatic carbocycles. The van der Waals surface area contributed by atoms with Crippen molar-refractivity contribution < 1.29 is 32.4 Å². The number of benzene rings is 1. The number of esters is 1. The molecular weight excluding hydrogens is 421 g/mol. The summed E-state index contributed by atoms with van der Waals surface area (Å²) in [7, 11) is 0. The van der Waals surface area contributed by atoms with Crippen LogP contribution >= 0.6 is 11.6 Å². The van der Waals surface area contributed by atoms with E-state index in [1.807, 2.05) is 5.32 Å². The van der Waals surface area contributed by atoms with Crippen molar-refractivity contribution in [2.24, 2.45) is 0 Å². The average Bonchev–Trinajstić information content (AvgIpc) is 2.87. The van der Waals surface area contributed by atoms with Crippen LogP contribution in [0.2, 0.25) is 5.02 Å². The minimum Gasteiger partial charge on any atom is -0.454 e. The molecule has 0 saturated heterocycles. The molecule has 2 rings (SSSR count). The summed E-state index contributed by atoms with van der Waals surface area (Å²) in [5.41, 5.74) is -1.86. The van der Waals surface area contributed by atoms with Crippen molar-refractivity contribution in [1.82, 2.24) is 9.78 Å². The van der Waals surface area contributed by atoms with Crippen molar-refractivity contribution in [3.8, 4) is 0 Å². The lowest BCUT2D eigenvalue weighted by Crippen LogP contribution is -2.25. The number of rotatable bonds is 6. The predicted octanol–water partition coefficient (Wildman–Crippen LogP) is 3.26. The standard InChI is InChI=1S/C16H14ClF3N4O5/c1-8-15(24(27)28)9(2)23(22-8)6-13(26)29-7-12(25)21-14-10(16(18,19)20)4-3-5-11(14)17/h3-5H,6-7H2,1-2H3,(H,21,25). The highest BCUT2D eigenvalue weighted by atomic mass is 35.5. The van der Waals surface area contributed by atoms with Gasteiger partial charge in [-0.25, -0.2) is 0 Å². The number of hydrogen-bond donors (Lipinski definition) is 1. The first-order valence-electron chi connectivity index (χ1n) is 7.91. The van der Waals surface area contributed by atoms with Crippen molar-refractivity contribution >= 4 is 34.9 Å². The second-order valence-corrected chi connectivity index (χ2v) is 6.21. The van der Waals surface area contributed by atoms with Crippen LogP contribution in [0.1, 0.15) is 17.0 Å². The lowest BCUT2D eigenvalue weighted by Gasteiger charge is -2.15. The highest BCUT2D eigenvalue weighted by Gasteiger charge is 2.35. The normalized spacial score (nSPS) is 11.2. The third kappa shape index (κ3) is 5.22. The van der Waals surface area contributed by atoms with Crippen molar-refractivity contribution in [1.29, 1.82) is 0 Å². The first kappa shape index (κ1) is 22.1. The third-order valence-electron chi connectivity index (χ3n) is 3.75. The summed E-state index contributed by atoms with van der Waals surface area (Å²) >= 11 is 5.72. The number of nitrogens with one attached hydrogen (secondary N) is 1. The lowest BCUT2D eigenvalue weighted by molar-refractivity contribution is -0.386. The zero-order chi connectivity index (χ0) is 21.9. The fourth-order valence-electron chi connectivity index (χ4n) is 2.48. The average molecular weight is 435 g/mol. The van der Waals surface area contributed by atoms with Gasteiger partial charge in [0.15, 0.2) is 6.61 Å². The van der Waals surface area contributed by atoms with Crippen LogP contribution in [0.5, 0.6) is 0 Å². The molecule has 1 amide bonds. The van der Waals surface area contributed by atoms with E-state index in [4.69, 9.17) is 16.3 Å². The number of amides is 1. The summed E-state index contributed by atoms with van der Waals surface area (Å²) in [4.78, 5) is 34.1. The zero-order valence-electron chi connectivity index (χ0n) is 15.0. The Morgan fingerprint density at radius 1 is 1.34 bits per heavy atom. The number of nitrogens with zero attached hydrogens (tertiary/aromatic N) is 3. The maximum atomic E-state index is 13.0. The van der Waals surface area contributed by atoms with Crippen LogP contribution in [0.25, 0.3) is 0 Å². The molecule has 2 aromatic rings. The van der Waals surface area contributed by atoms with E-state index in [0.717, 1.165) is 22.9 Å². The van der Waals surface area contributed by atoms with Crippen LogP contribution in [-0.2, 0) is 27.0 Å². The molecule has 1 aromatic carbocycles. The Labute approximate surface area is 166 Å². The molecule has 0 aliphatic rings. The smallest absolute Gasteiger partial charge is 0.418 e. The summed E-state index contributed by atoms with van der Waals surface area (Å²) in [6.07, 6.45) is -4.76. The SMILES string of the molecule is Cc1nn(CC(=O)OCC(=O)Nc2c(Cl)cccc2C(F)(F)F)c(C)c1[N+](=O)[O-]. The number of hydrogen-bond acceptors (Lipinski definition) is 6. The van der Waals surface area contributed by atoms with Crippen molar-refractivity contribution in [2.45, 2.75) is 26.6 Å². The van der Waals surface area contributed by atoms with Gasteiger partial charge in [0.05, 0.1) is 21.2 Å². The highest BCUT2D eigenvalue weighted by Crippen LogP contribution is 2.38. The summed E-state index contributed by atoms with van der Waals surface area (Å²) in [5, 5.41) is 16.4. The molecule has 13 heteroatoms. The van der Waals surface area contributed by atoms with Crippen LogP contribution in [0.3, 0.4) is 0 Å². The first-order chi connectivity index (χ1) is 13.4. The van der Waals surface area contributed by atoms with E-state index in [1.165, 1.54) is 13.8 Å². The number of aromatic nitrogens is 2. The minimum atomic E-state index is -4.76. The molecule has 1 aromatic heterocycles. The number of anilines is 1. The van der Waals surface area contributed by atoms with E-state index >= 15 is 0 Å². The van der Waals surface area contributed by atoms with Crippen LogP contribution < -0.4 is 5.32 Å². The molecule has 9 nitrogen and oxygen atoms in total. The Kier molecular flexibility index (Phi) is 6.47. The summed E-state index contributed by atoms with van der Waals surface area (Å²) in [5.74, 6) is -2.01. The Morgan fingerprint density at radius 3 is 2.55 bits per heavy atom. The molecule has 29 heavy (non-hydrogen) atoms. The number of aryl methyl sites for hydroxylation is 1. The molecule has 0 unspecified atom stereocenters. The molecule has 0 spiro atoms. The molecular formula is C16H14ClF3N4O5. The molecule has 0 aliphatic heterocycles. The van der Waals surface area contributed by atoms with Gasteiger partial charge in [0, 0.05) is 0 Å². The quantitative estimate of drug-likeness (QED) is 0.423. The van der Waals surface area contributed by atoms with Gasteiger partial charge in [0.1, 0.15) is 17.9 Å². The van der Waals surface area contributed by atoms with Gasteiger partial charge in [-0.05, 0) is 26.0 Å². The van der Waals surface area contributed by atoms with Crippen LogP contribution in [0.4, 0.5) is 24.5 Å². The monoisotopic (exact) mass is 434 g/mol. The maximum Gasteiger partial charge on any atom is 0.418 e. The Hall–Kier alpha value is -3.15. The zero-order valence-corrected chi connectivity index (χ0v) is 15.8. The molecule has 0 saturated carbocycles. The van der Waals surface area contributed by atoms with Crippen molar-refractivity contribution in [3.05, 3.63) is 50.3 Å². The Morgan fingerprint density at radius 2 is 2.00 bits per heavy atom. The van der Waals surface area contributed by atoms with E-state index in [9.17, 15) is 32.9 Å².